The van der Waals surface area contributed by atoms with Crippen molar-refractivity contribution in [3.8, 4) is 12.3 Å². The second-order valence-corrected chi connectivity index (χ2v) is 3.85. The first kappa shape index (κ1) is 14.5. The molecule has 1 rings (SSSR count). The molecule has 0 saturated carbocycles. The van der Waals surface area contributed by atoms with Crippen molar-refractivity contribution < 1.29 is 9.72 Å². The van der Waals surface area contributed by atoms with Crippen LogP contribution in [0.5, 0.6) is 0 Å². The Labute approximate surface area is 111 Å². The van der Waals surface area contributed by atoms with Gasteiger partial charge in [-0.25, -0.2) is 4.79 Å². The fourth-order valence-corrected chi connectivity index (χ4v) is 1.43. The first-order valence-electron chi connectivity index (χ1n) is 5.86. The number of nitrogens with one attached hydrogen (secondary N) is 2. The lowest BCUT2D eigenvalue weighted by Crippen LogP contribution is -2.29. The van der Waals surface area contributed by atoms with Crippen molar-refractivity contribution >= 4 is 17.4 Å². The van der Waals surface area contributed by atoms with Crippen LogP contribution in [0, 0.1) is 22.5 Å². The lowest BCUT2D eigenvalue weighted by Gasteiger charge is -2.06. The first-order valence-corrected chi connectivity index (χ1v) is 5.86. The highest BCUT2D eigenvalue weighted by molar-refractivity contribution is 5.89. The van der Waals surface area contributed by atoms with Gasteiger partial charge in [-0.2, -0.15) is 0 Å². The fourth-order valence-electron chi connectivity index (χ4n) is 1.43. The van der Waals surface area contributed by atoms with E-state index in [4.69, 9.17) is 6.42 Å². The molecule has 19 heavy (non-hydrogen) atoms. The van der Waals surface area contributed by atoms with Gasteiger partial charge in [0.05, 0.1) is 4.92 Å². The number of carbonyl (C=O) groups excluding carboxylic acids is 1. The van der Waals surface area contributed by atoms with E-state index in [9.17, 15) is 14.9 Å². The molecule has 0 bridgehead atoms. The van der Waals surface area contributed by atoms with Crippen LogP contribution in [0.2, 0.25) is 0 Å². The van der Waals surface area contributed by atoms with Gasteiger partial charge in [0.2, 0.25) is 0 Å². The molecule has 0 unspecified atom stereocenters. The lowest BCUT2D eigenvalue weighted by molar-refractivity contribution is -0.384. The van der Waals surface area contributed by atoms with Gasteiger partial charge in [0.25, 0.3) is 5.69 Å². The summed E-state index contributed by atoms with van der Waals surface area (Å²) in [6.45, 7) is 0.516. The zero-order valence-electron chi connectivity index (χ0n) is 10.4. The van der Waals surface area contributed by atoms with Crippen molar-refractivity contribution in [2.24, 2.45) is 0 Å². The van der Waals surface area contributed by atoms with Crippen LogP contribution in [-0.4, -0.2) is 17.5 Å². The monoisotopic (exact) mass is 261 g/mol. The quantitative estimate of drug-likeness (QED) is 0.357. The van der Waals surface area contributed by atoms with Gasteiger partial charge in [0.1, 0.15) is 0 Å². The van der Waals surface area contributed by atoms with Gasteiger partial charge in [-0.05, 0) is 18.9 Å². The van der Waals surface area contributed by atoms with Gasteiger partial charge in [-0.15, -0.1) is 12.3 Å². The topological polar surface area (TPSA) is 84.3 Å². The third-order valence-corrected chi connectivity index (χ3v) is 2.35. The number of benzene rings is 1. The average Bonchev–Trinajstić information content (AvgIpc) is 2.38. The predicted octanol–water partition coefficient (Wildman–Crippen LogP) is 2.52. The number of nitro benzene ring substituents is 1. The van der Waals surface area contributed by atoms with Crippen LogP contribution in [0.25, 0.3) is 0 Å². The Morgan fingerprint density at radius 2 is 2.21 bits per heavy atom. The van der Waals surface area contributed by atoms with E-state index in [1.165, 1.54) is 18.2 Å². The molecule has 1 aromatic rings. The number of amides is 2. The molecule has 6 heteroatoms. The van der Waals surface area contributed by atoms with E-state index < -0.39 is 4.92 Å². The maximum atomic E-state index is 11.5. The second-order valence-electron chi connectivity index (χ2n) is 3.85. The highest BCUT2D eigenvalue weighted by Gasteiger charge is 2.07. The highest BCUT2D eigenvalue weighted by Crippen LogP contribution is 2.16. The van der Waals surface area contributed by atoms with Crippen LogP contribution < -0.4 is 10.6 Å². The largest absolute Gasteiger partial charge is 0.338 e. The molecule has 0 atom stereocenters. The molecule has 6 nitrogen and oxygen atoms in total. The molecule has 100 valence electrons. The van der Waals surface area contributed by atoms with E-state index in [0.29, 0.717) is 18.7 Å². The van der Waals surface area contributed by atoms with E-state index in [0.717, 1.165) is 12.8 Å². The van der Waals surface area contributed by atoms with Gasteiger partial charge in [0, 0.05) is 30.8 Å². The molecule has 1 aromatic carbocycles. The Bertz CT molecular complexity index is 494. The molecule has 0 aliphatic rings. The first-order chi connectivity index (χ1) is 9.13. The molecule has 0 aliphatic heterocycles. The number of non-ortho nitro benzene ring substituents is 1. The van der Waals surface area contributed by atoms with Crippen LogP contribution >= 0.6 is 0 Å². The summed E-state index contributed by atoms with van der Waals surface area (Å²) in [5.41, 5.74) is 0.321. The number of terminal acetylenes is 1. The minimum Gasteiger partial charge on any atom is -0.338 e. The minimum absolute atomic E-state index is 0.0631. The van der Waals surface area contributed by atoms with Gasteiger partial charge in [0.15, 0.2) is 0 Å². The summed E-state index contributed by atoms with van der Waals surface area (Å²) in [4.78, 5) is 21.6. The van der Waals surface area contributed by atoms with Crippen molar-refractivity contribution in [3.63, 3.8) is 0 Å². The van der Waals surface area contributed by atoms with Crippen molar-refractivity contribution in [1.82, 2.24) is 5.32 Å². The van der Waals surface area contributed by atoms with Crippen LogP contribution in [-0.2, 0) is 0 Å². The van der Waals surface area contributed by atoms with Gasteiger partial charge in [-0.1, -0.05) is 6.07 Å². The van der Waals surface area contributed by atoms with Gasteiger partial charge >= 0.3 is 6.03 Å². The van der Waals surface area contributed by atoms with Crippen LogP contribution in [0.1, 0.15) is 19.3 Å². The Morgan fingerprint density at radius 3 is 2.89 bits per heavy atom. The molecule has 0 saturated heterocycles. The molecule has 0 spiro atoms. The molecule has 2 amide bonds. The number of nitrogens with zero attached hydrogens (tertiary/aromatic N) is 1. The van der Waals surface area contributed by atoms with Crippen molar-refractivity contribution in [3.05, 3.63) is 34.4 Å². The van der Waals surface area contributed by atoms with Crippen LogP contribution in [0.3, 0.4) is 0 Å². The number of rotatable bonds is 6. The summed E-state index contributed by atoms with van der Waals surface area (Å²) in [6, 6.07) is 5.38. The molecular weight excluding hydrogens is 246 g/mol. The number of carbonyl (C=O) groups is 1. The van der Waals surface area contributed by atoms with E-state index >= 15 is 0 Å². The van der Waals surface area contributed by atoms with Crippen molar-refractivity contribution in [2.75, 3.05) is 11.9 Å². The van der Waals surface area contributed by atoms with E-state index in [2.05, 4.69) is 16.6 Å². The summed E-state index contributed by atoms with van der Waals surface area (Å²) < 4.78 is 0. The van der Waals surface area contributed by atoms with Crippen LogP contribution in [0.4, 0.5) is 16.2 Å². The third kappa shape index (κ3) is 5.55. The maximum Gasteiger partial charge on any atom is 0.319 e. The Kier molecular flexibility index (Phi) is 5.89. The smallest absolute Gasteiger partial charge is 0.319 e. The molecule has 0 aromatic heterocycles. The number of anilines is 1. The second kappa shape index (κ2) is 7.71. The number of hydrogen-bond donors (Lipinski definition) is 2. The Balaban J connectivity index is 2.38. The van der Waals surface area contributed by atoms with E-state index in [-0.39, 0.29) is 11.7 Å². The highest BCUT2D eigenvalue weighted by atomic mass is 16.6. The number of unbranched alkanes of at least 4 members (excludes halogenated alkanes) is 2. The summed E-state index contributed by atoms with van der Waals surface area (Å²) in [5.74, 6) is 2.52. The zero-order chi connectivity index (χ0) is 14.1. The predicted molar refractivity (Wildman–Crippen MR) is 72.8 cm³/mol. The summed E-state index contributed by atoms with van der Waals surface area (Å²) >= 11 is 0. The molecule has 0 aliphatic carbocycles. The summed E-state index contributed by atoms with van der Waals surface area (Å²) in [5, 5.41) is 15.8. The Hall–Kier alpha value is -2.55. The van der Waals surface area contributed by atoms with E-state index in [1.54, 1.807) is 6.07 Å². The van der Waals surface area contributed by atoms with Gasteiger partial charge in [-0.3, -0.25) is 10.1 Å². The normalized spacial score (nSPS) is 9.42. The molecule has 0 heterocycles. The van der Waals surface area contributed by atoms with Gasteiger partial charge < -0.3 is 10.6 Å². The summed E-state index contributed by atoms with van der Waals surface area (Å²) in [6.07, 6.45) is 7.45. The average molecular weight is 261 g/mol. The molecule has 0 radical (unpaired) electrons. The molecular formula is C13H15N3O3. The van der Waals surface area contributed by atoms with Crippen molar-refractivity contribution in [2.45, 2.75) is 19.3 Å². The SMILES string of the molecule is C#CCCCCNC(=O)Nc1cccc([N+](=O)[O-])c1. The number of nitro groups is 1. The summed E-state index contributed by atoms with van der Waals surface area (Å²) in [7, 11) is 0. The lowest BCUT2D eigenvalue weighted by atomic mass is 10.2. The fraction of sp³-hybridized carbons (Fsp3) is 0.308. The number of urea groups is 1. The zero-order valence-corrected chi connectivity index (χ0v) is 10.4. The maximum absolute atomic E-state index is 11.5. The van der Waals surface area contributed by atoms with Crippen LogP contribution in [0.15, 0.2) is 24.3 Å². The van der Waals surface area contributed by atoms with E-state index in [1.807, 2.05) is 0 Å². The molecule has 2 N–H and O–H groups in total. The third-order valence-electron chi connectivity index (χ3n) is 2.35. The number of hydrogen-bond acceptors (Lipinski definition) is 3. The molecule has 0 fully saturated rings. The van der Waals surface area contributed by atoms with Crippen molar-refractivity contribution in [1.29, 1.82) is 0 Å². The Morgan fingerprint density at radius 1 is 1.42 bits per heavy atom. The minimum atomic E-state index is -0.511. The standard InChI is InChI=1S/C13H15N3O3/c1-2-3-4-5-9-14-13(17)15-11-7-6-8-12(10-11)16(18)19/h1,6-8,10H,3-5,9H2,(H2,14,15,17).